The number of nitriles is 1. The van der Waals surface area contributed by atoms with Gasteiger partial charge in [-0.15, -0.1) is 11.8 Å². The summed E-state index contributed by atoms with van der Waals surface area (Å²) in [5.41, 5.74) is 1.21. The summed E-state index contributed by atoms with van der Waals surface area (Å²) < 4.78 is 5.37. The Hall–Kier alpha value is -1.02. The van der Waals surface area contributed by atoms with E-state index in [0.29, 0.717) is 0 Å². The van der Waals surface area contributed by atoms with E-state index in [2.05, 4.69) is 23.1 Å². The second kappa shape index (κ2) is 6.24. The fraction of sp³-hybridized carbons (Fsp3) is 0.500. The standard InChI is InChI=1S/C14H18N2OS/c1-18-14(12-15,16-7-9-17-10-8-16)11-13-5-3-2-4-6-13/h2-6H,7-11H2,1H3. The van der Waals surface area contributed by atoms with E-state index in [1.165, 1.54) is 5.56 Å². The van der Waals surface area contributed by atoms with E-state index in [9.17, 15) is 5.26 Å². The van der Waals surface area contributed by atoms with Gasteiger partial charge in [-0.3, -0.25) is 4.90 Å². The highest BCUT2D eigenvalue weighted by molar-refractivity contribution is 8.00. The molecule has 0 aliphatic carbocycles. The van der Waals surface area contributed by atoms with Crippen LogP contribution in [0.4, 0.5) is 0 Å². The average molecular weight is 262 g/mol. The lowest BCUT2D eigenvalue weighted by atomic mass is 10.0. The Morgan fingerprint density at radius 3 is 2.56 bits per heavy atom. The molecule has 0 N–H and O–H groups in total. The fourth-order valence-corrected chi connectivity index (χ4v) is 3.11. The van der Waals surface area contributed by atoms with Crippen molar-refractivity contribution in [3.8, 4) is 6.07 Å². The molecule has 1 heterocycles. The first-order chi connectivity index (χ1) is 8.80. The van der Waals surface area contributed by atoms with E-state index >= 15 is 0 Å². The smallest absolute Gasteiger partial charge is 0.159 e. The van der Waals surface area contributed by atoms with Crippen LogP contribution in [0, 0.1) is 11.3 Å². The molecule has 1 aliphatic heterocycles. The maximum absolute atomic E-state index is 9.64. The molecule has 1 aliphatic rings. The lowest BCUT2D eigenvalue weighted by molar-refractivity contribution is 0.0199. The summed E-state index contributed by atoms with van der Waals surface area (Å²) in [6, 6.07) is 12.7. The number of rotatable bonds is 4. The van der Waals surface area contributed by atoms with Gasteiger partial charge in [-0.2, -0.15) is 5.26 Å². The lowest BCUT2D eigenvalue weighted by Crippen LogP contribution is -2.51. The van der Waals surface area contributed by atoms with Crippen LogP contribution >= 0.6 is 11.8 Å². The van der Waals surface area contributed by atoms with Gasteiger partial charge in [0.1, 0.15) is 0 Å². The summed E-state index contributed by atoms with van der Waals surface area (Å²) in [6.07, 6.45) is 2.77. The van der Waals surface area contributed by atoms with Crippen LogP contribution in [0.15, 0.2) is 30.3 Å². The van der Waals surface area contributed by atoms with Crippen molar-refractivity contribution in [3.63, 3.8) is 0 Å². The molecule has 0 saturated carbocycles. The molecule has 1 atom stereocenters. The lowest BCUT2D eigenvalue weighted by Gasteiger charge is -2.39. The van der Waals surface area contributed by atoms with E-state index in [0.717, 1.165) is 32.7 Å². The van der Waals surface area contributed by atoms with Gasteiger partial charge < -0.3 is 4.74 Å². The number of morpholine rings is 1. The fourth-order valence-electron chi connectivity index (χ4n) is 2.27. The SMILES string of the molecule is CSC(C#N)(Cc1ccccc1)N1CCOCC1. The molecule has 0 bridgehead atoms. The van der Waals surface area contributed by atoms with Gasteiger partial charge in [0.15, 0.2) is 4.87 Å². The van der Waals surface area contributed by atoms with Gasteiger partial charge >= 0.3 is 0 Å². The molecule has 0 aromatic heterocycles. The minimum absolute atomic E-state index is 0.467. The van der Waals surface area contributed by atoms with Crippen LogP contribution in [0.25, 0.3) is 0 Å². The van der Waals surface area contributed by atoms with Gasteiger partial charge in [0, 0.05) is 19.5 Å². The van der Waals surface area contributed by atoms with E-state index in [1.54, 1.807) is 11.8 Å². The van der Waals surface area contributed by atoms with Crippen molar-refractivity contribution in [1.29, 1.82) is 5.26 Å². The van der Waals surface area contributed by atoms with Crippen molar-refractivity contribution in [2.24, 2.45) is 0 Å². The van der Waals surface area contributed by atoms with Crippen molar-refractivity contribution in [2.45, 2.75) is 11.3 Å². The molecular weight excluding hydrogens is 244 g/mol. The largest absolute Gasteiger partial charge is 0.379 e. The summed E-state index contributed by atoms with van der Waals surface area (Å²) >= 11 is 1.63. The minimum atomic E-state index is -0.467. The third-order valence-electron chi connectivity index (χ3n) is 3.32. The molecule has 0 radical (unpaired) electrons. The van der Waals surface area contributed by atoms with Crippen molar-refractivity contribution >= 4 is 11.8 Å². The zero-order valence-corrected chi connectivity index (χ0v) is 11.4. The molecule has 18 heavy (non-hydrogen) atoms. The first-order valence-corrected chi connectivity index (χ1v) is 7.36. The number of hydrogen-bond donors (Lipinski definition) is 0. The van der Waals surface area contributed by atoms with Crippen LogP contribution in [-0.2, 0) is 11.2 Å². The van der Waals surface area contributed by atoms with Crippen LogP contribution in [-0.4, -0.2) is 42.3 Å². The Kier molecular flexibility index (Phi) is 4.65. The van der Waals surface area contributed by atoms with Gasteiger partial charge in [-0.1, -0.05) is 30.3 Å². The van der Waals surface area contributed by atoms with E-state index in [4.69, 9.17) is 4.74 Å². The molecule has 3 nitrogen and oxygen atoms in total. The molecule has 0 spiro atoms. The molecule has 2 rings (SSSR count). The van der Waals surface area contributed by atoms with E-state index < -0.39 is 4.87 Å². The highest BCUT2D eigenvalue weighted by atomic mass is 32.2. The monoisotopic (exact) mass is 262 g/mol. The van der Waals surface area contributed by atoms with Gasteiger partial charge in [0.25, 0.3) is 0 Å². The highest BCUT2D eigenvalue weighted by Crippen LogP contribution is 2.31. The molecule has 1 aromatic carbocycles. The summed E-state index contributed by atoms with van der Waals surface area (Å²) in [5.74, 6) is 0. The molecule has 4 heteroatoms. The molecule has 96 valence electrons. The van der Waals surface area contributed by atoms with Crippen LogP contribution in [0.5, 0.6) is 0 Å². The predicted molar refractivity (Wildman–Crippen MR) is 74.4 cm³/mol. The van der Waals surface area contributed by atoms with Gasteiger partial charge in [0.05, 0.1) is 19.3 Å². The van der Waals surface area contributed by atoms with Gasteiger partial charge in [-0.05, 0) is 11.8 Å². The Balaban J connectivity index is 2.18. The van der Waals surface area contributed by atoms with Crippen LogP contribution in [0.1, 0.15) is 5.56 Å². The van der Waals surface area contributed by atoms with Crippen LogP contribution in [0.3, 0.4) is 0 Å². The molecule has 0 amide bonds. The Labute approximate surface area is 113 Å². The number of ether oxygens (including phenoxy) is 1. The first kappa shape index (κ1) is 13.4. The van der Waals surface area contributed by atoms with Gasteiger partial charge in [-0.25, -0.2) is 0 Å². The van der Waals surface area contributed by atoms with Crippen molar-refractivity contribution in [2.75, 3.05) is 32.6 Å². The van der Waals surface area contributed by atoms with Crippen LogP contribution in [0.2, 0.25) is 0 Å². The second-order valence-electron chi connectivity index (χ2n) is 4.36. The predicted octanol–water partition coefficient (Wildman–Crippen LogP) is 2.14. The molecule has 1 saturated heterocycles. The zero-order valence-electron chi connectivity index (χ0n) is 10.6. The number of nitrogens with zero attached hydrogens (tertiary/aromatic N) is 2. The highest BCUT2D eigenvalue weighted by Gasteiger charge is 2.37. The Morgan fingerprint density at radius 2 is 2.00 bits per heavy atom. The van der Waals surface area contributed by atoms with Gasteiger partial charge in [0.2, 0.25) is 0 Å². The molecule has 1 fully saturated rings. The molecular formula is C14H18N2OS. The normalized spacial score (nSPS) is 20.0. The Bertz CT molecular complexity index is 412. The maximum Gasteiger partial charge on any atom is 0.159 e. The average Bonchev–Trinajstić information content (AvgIpc) is 2.47. The summed E-state index contributed by atoms with van der Waals surface area (Å²) in [6.45, 7) is 3.11. The third kappa shape index (κ3) is 2.86. The minimum Gasteiger partial charge on any atom is -0.379 e. The summed E-state index contributed by atoms with van der Waals surface area (Å²) in [7, 11) is 0. The number of benzene rings is 1. The van der Waals surface area contributed by atoms with Crippen LogP contribution < -0.4 is 0 Å². The van der Waals surface area contributed by atoms with E-state index in [-0.39, 0.29) is 0 Å². The zero-order chi connectivity index (χ0) is 12.8. The maximum atomic E-state index is 9.64. The molecule has 1 aromatic rings. The van der Waals surface area contributed by atoms with E-state index in [1.807, 2.05) is 24.5 Å². The topological polar surface area (TPSA) is 36.3 Å². The quantitative estimate of drug-likeness (QED) is 0.833. The molecule has 1 unspecified atom stereocenters. The third-order valence-corrected chi connectivity index (χ3v) is 4.49. The first-order valence-electron chi connectivity index (χ1n) is 6.14. The number of hydrogen-bond acceptors (Lipinski definition) is 4. The number of thioether (sulfide) groups is 1. The van der Waals surface area contributed by atoms with Crippen molar-refractivity contribution in [3.05, 3.63) is 35.9 Å². The summed E-state index contributed by atoms with van der Waals surface area (Å²) in [4.78, 5) is 1.78. The Morgan fingerprint density at radius 1 is 1.33 bits per heavy atom. The van der Waals surface area contributed by atoms with Crippen molar-refractivity contribution in [1.82, 2.24) is 4.90 Å². The summed E-state index contributed by atoms with van der Waals surface area (Å²) in [5, 5.41) is 9.64. The second-order valence-corrected chi connectivity index (χ2v) is 5.45. The van der Waals surface area contributed by atoms with Crippen molar-refractivity contribution < 1.29 is 4.74 Å².